The summed E-state index contributed by atoms with van der Waals surface area (Å²) < 4.78 is 0. The van der Waals surface area contributed by atoms with Gasteiger partial charge in [-0.15, -0.1) is 0 Å². The van der Waals surface area contributed by atoms with E-state index in [1.54, 1.807) is 0 Å². The molecule has 0 saturated carbocycles. The number of amides is 1. The van der Waals surface area contributed by atoms with Crippen molar-refractivity contribution < 1.29 is 4.79 Å². The zero-order chi connectivity index (χ0) is 14.4. The molecule has 1 saturated heterocycles. The van der Waals surface area contributed by atoms with Gasteiger partial charge in [-0.1, -0.05) is 12.1 Å². The molecule has 1 atom stereocenters. The molecule has 3 N–H and O–H groups in total. The molecule has 2 rings (SSSR count). The van der Waals surface area contributed by atoms with Crippen molar-refractivity contribution in [2.45, 2.75) is 25.7 Å². The Morgan fingerprint density at radius 2 is 2.15 bits per heavy atom. The highest BCUT2D eigenvalue weighted by molar-refractivity contribution is 5.76. The summed E-state index contributed by atoms with van der Waals surface area (Å²) in [6, 6.07) is 7.73. The van der Waals surface area contributed by atoms with Gasteiger partial charge in [0.05, 0.1) is 0 Å². The Morgan fingerprint density at radius 1 is 1.40 bits per heavy atom. The topological polar surface area (TPSA) is 58.4 Å². The first-order chi connectivity index (χ1) is 9.63. The summed E-state index contributed by atoms with van der Waals surface area (Å²) in [5.41, 5.74) is 7.56. The molecule has 110 valence electrons. The van der Waals surface area contributed by atoms with Gasteiger partial charge in [0, 0.05) is 25.2 Å². The van der Waals surface area contributed by atoms with E-state index in [0.717, 1.165) is 30.8 Å². The second-order valence-corrected chi connectivity index (χ2v) is 5.82. The number of piperidine rings is 1. The lowest BCUT2D eigenvalue weighted by molar-refractivity contribution is -0.121. The number of likely N-dealkylation sites (tertiary alicyclic amines) is 1. The van der Waals surface area contributed by atoms with Gasteiger partial charge in [0.1, 0.15) is 0 Å². The first-order valence-electron chi connectivity index (χ1n) is 7.43. The van der Waals surface area contributed by atoms with Crippen molar-refractivity contribution in [3.63, 3.8) is 0 Å². The van der Waals surface area contributed by atoms with E-state index in [2.05, 4.69) is 17.3 Å². The van der Waals surface area contributed by atoms with E-state index in [1.807, 2.05) is 24.3 Å². The molecule has 1 aromatic carbocycles. The van der Waals surface area contributed by atoms with E-state index in [1.165, 1.54) is 19.4 Å². The second kappa shape index (κ2) is 7.29. The van der Waals surface area contributed by atoms with Crippen LogP contribution in [0.15, 0.2) is 24.3 Å². The number of anilines is 1. The van der Waals surface area contributed by atoms with Crippen LogP contribution in [0.3, 0.4) is 0 Å². The van der Waals surface area contributed by atoms with Crippen molar-refractivity contribution in [3.8, 4) is 0 Å². The minimum Gasteiger partial charge on any atom is -0.399 e. The minimum absolute atomic E-state index is 0.148. The summed E-state index contributed by atoms with van der Waals surface area (Å²) in [4.78, 5) is 14.2. The van der Waals surface area contributed by atoms with E-state index >= 15 is 0 Å². The van der Waals surface area contributed by atoms with Crippen LogP contribution in [0, 0.1) is 5.92 Å². The molecule has 1 heterocycles. The summed E-state index contributed by atoms with van der Waals surface area (Å²) in [5.74, 6) is 0.754. The number of nitrogen functional groups attached to an aromatic ring is 1. The highest BCUT2D eigenvalue weighted by atomic mass is 16.1. The monoisotopic (exact) mass is 275 g/mol. The average Bonchev–Trinajstić information content (AvgIpc) is 2.45. The maximum Gasteiger partial charge on any atom is 0.220 e. The maximum absolute atomic E-state index is 11.9. The van der Waals surface area contributed by atoms with Gasteiger partial charge in [-0.25, -0.2) is 0 Å². The van der Waals surface area contributed by atoms with Crippen LogP contribution in [-0.4, -0.2) is 37.5 Å². The number of benzene rings is 1. The molecule has 20 heavy (non-hydrogen) atoms. The smallest absolute Gasteiger partial charge is 0.220 e. The Morgan fingerprint density at radius 3 is 2.85 bits per heavy atom. The quantitative estimate of drug-likeness (QED) is 0.804. The average molecular weight is 275 g/mol. The molecule has 1 aliphatic rings. The SMILES string of the molecule is CN1CCCC(CNC(=O)CCc2ccc(N)cc2)C1. The van der Waals surface area contributed by atoms with Gasteiger partial charge in [0.15, 0.2) is 0 Å². The number of aryl methyl sites for hydroxylation is 1. The van der Waals surface area contributed by atoms with Gasteiger partial charge in [0.2, 0.25) is 5.91 Å². The fourth-order valence-electron chi connectivity index (χ4n) is 2.73. The molecule has 0 aliphatic carbocycles. The van der Waals surface area contributed by atoms with Crippen LogP contribution >= 0.6 is 0 Å². The summed E-state index contributed by atoms with van der Waals surface area (Å²) >= 11 is 0. The van der Waals surface area contributed by atoms with Crippen molar-refractivity contribution >= 4 is 11.6 Å². The number of hydrogen-bond donors (Lipinski definition) is 2. The van der Waals surface area contributed by atoms with E-state index < -0.39 is 0 Å². The van der Waals surface area contributed by atoms with Gasteiger partial charge in [-0.05, 0) is 56.5 Å². The molecule has 1 aliphatic heterocycles. The predicted octanol–water partition coefficient (Wildman–Crippen LogP) is 1.66. The second-order valence-electron chi connectivity index (χ2n) is 5.82. The summed E-state index contributed by atoms with van der Waals surface area (Å²) in [6.07, 6.45) is 3.79. The van der Waals surface area contributed by atoms with Crippen molar-refractivity contribution in [2.24, 2.45) is 5.92 Å². The Bertz CT molecular complexity index is 430. The molecular weight excluding hydrogens is 250 g/mol. The highest BCUT2D eigenvalue weighted by Crippen LogP contribution is 2.14. The van der Waals surface area contributed by atoms with Crippen LogP contribution in [0.1, 0.15) is 24.8 Å². The standard InChI is InChI=1S/C16H25N3O/c1-19-10-2-3-14(12-19)11-18-16(20)9-6-13-4-7-15(17)8-5-13/h4-5,7-8,14H,2-3,6,9-12,17H2,1H3,(H,18,20). The number of nitrogens with one attached hydrogen (secondary N) is 1. The zero-order valence-electron chi connectivity index (χ0n) is 12.3. The number of nitrogens with two attached hydrogens (primary N) is 1. The molecule has 4 nitrogen and oxygen atoms in total. The molecule has 0 spiro atoms. The van der Waals surface area contributed by atoms with E-state index in [9.17, 15) is 4.79 Å². The summed E-state index contributed by atoms with van der Waals surface area (Å²) in [7, 11) is 2.15. The minimum atomic E-state index is 0.148. The van der Waals surface area contributed by atoms with Crippen molar-refractivity contribution in [2.75, 3.05) is 32.4 Å². The van der Waals surface area contributed by atoms with E-state index in [0.29, 0.717) is 12.3 Å². The third-order valence-electron chi connectivity index (χ3n) is 3.93. The fourth-order valence-corrected chi connectivity index (χ4v) is 2.73. The molecule has 0 bridgehead atoms. The van der Waals surface area contributed by atoms with Crippen LogP contribution in [0.2, 0.25) is 0 Å². The van der Waals surface area contributed by atoms with Crippen LogP contribution in [0.4, 0.5) is 5.69 Å². The van der Waals surface area contributed by atoms with Crippen LogP contribution < -0.4 is 11.1 Å². The summed E-state index contributed by atoms with van der Waals surface area (Å²) in [6.45, 7) is 3.09. The largest absolute Gasteiger partial charge is 0.399 e. The number of hydrogen-bond acceptors (Lipinski definition) is 3. The van der Waals surface area contributed by atoms with E-state index in [-0.39, 0.29) is 5.91 Å². The van der Waals surface area contributed by atoms with Gasteiger partial charge in [-0.2, -0.15) is 0 Å². The molecule has 1 aromatic rings. The number of carbonyl (C=O) groups is 1. The predicted molar refractivity (Wildman–Crippen MR) is 82.4 cm³/mol. The Hall–Kier alpha value is -1.55. The zero-order valence-corrected chi connectivity index (χ0v) is 12.3. The Kier molecular flexibility index (Phi) is 5.41. The molecule has 0 aromatic heterocycles. The molecular formula is C16H25N3O. The lowest BCUT2D eigenvalue weighted by atomic mass is 9.98. The first kappa shape index (κ1) is 14.9. The van der Waals surface area contributed by atoms with Crippen LogP contribution in [-0.2, 0) is 11.2 Å². The van der Waals surface area contributed by atoms with Gasteiger partial charge in [-0.3, -0.25) is 4.79 Å². The molecule has 0 radical (unpaired) electrons. The van der Waals surface area contributed by atoms with E-state index in [4.69, 9.17) is 5.73 Å². The molecule has 1 unspecified atom stereocenters. The summed E-state index contributed by atoms with van der Waals surface area (Å²) in [5, 5.41) is 3.06. The number of carbonyl (C=O) groups excluding carboxylic acids is 1. The Labute approximate surface area is 121 Å². The van der Waals surface area contributed by atoms with Crippen molar-refractivity contribution in [3.05, 3.63) is 29.8 Å². The third-order valence-corrected chi connectivity index (χ3v) is 3.93. The van der Waals surface area contributed by atoms with Gasteiger partial charge in [0.25, 0.3) is 0 Å². The highest BCUT2D eigenvalue weighted by Gasteiger charge is 2.17. The third kappa shape index (κ3) is 4.85. The first-order valence-corrected chi connectivity index (χ1v) is 7.43. The fraction of sp³-hybridized carbons (Fsp3) is 0.562. The lowest BCUT2D eigenvalue weighted by Crippen LogP contribution is -2.39. The lowest BCUT2D eigenvalue weighted by Gasteiger charge is -2.29. The number of nitrogens with zero attached hydrogens (tertiary/aromatic N) is 1. The molecule has 4 heteroatoms. The maximum atomic E-state index is 11.9. The van der Waals surface area contributed by atoms with Crippen LogP contribution in [0.5, 0.6) is 0 Å². The van der Waals surface area contributed by atoms with Gasteiger partial charge >= 0.3 is 0 Å². The normalized spacial score (nSPS) is 19.8. The Balaban J connectivity index is 1.66. The molecule has 1 amide bonds. The van der Waals surface area contributed by atoms with Gasteiger partial charge < -0.3 is 16.0 Å². The van der Waals surface area contributed by atoms with Crippen molar-refractivity contribution in [1.82, 2.24) is 10.2 Å². The number of rotatable bonds is 5. The van der Waals surface area contributed by atoms with Crippen LogP contribution in [0.25, 0.3) is 0 Å². The van der Waals surface area contributed by atoms with Crippen molar-refractivity contribution in [1.29, 1.82) is 0 Å². The molecule has 1 fully saturated rings.